The number of methoxy groups -OCH3 is 1. The van der Waals surface area contributed by atoms with Crippen LogP contribution in [0.25, 0.3) is 0 Å². The molecule has 2 amide bonds. The highest BCUT2D eigenvalue weighted by molar-refractivity contribution is 5.96. The van der Waals surface area contributed by atoms with Crippen LogP contribution in [0.1, 0.15) is 56.3 Å². The number of aliphatic hydroxyl groups excluding tert-OH is 1. The molecule has 0 unspecified atom stereocenters. The smallest absolute Gasteiger partial charge is 0.255 e. The molecular weight excluding hydrogens is 422 g/mol. The Labute approximate surface area is 197 Å². The van der Waals surface area contributed by atoms with Crippen LogP contribution in [-0.2, 0) is 9.53 Å². The highest BCUT2D eigenvalue weighted by atomic mass is 16.5. The van der Waals surface area contributed by atoms with Crippen molar-refractivity contribution in [2.45, 2.75) is 58.1 Å². The average Bonchev–Trinajstić information content (AvgIpc) is 2.80. The summed E-state index contributed by atoms with van der Waals surface area (Å²) in [4.78, 5) is 26.6. The largest absolute Gasteiger partial charge is 0.493 e. The quantitative estimate of drug-likeness (QED) is 0.365. The lowest BCUT2D eigenvalue weighted by atomic mass is 9.87. The van der Waals surface area contributed by atoms with Crippen molar-refractivity contribution in [2.24, 2.45) is 17.6 Å². The molecule has 0 spiro atoms. The number of nitrogens with one attached hydrogen (secondary N) is 1. The van der Waals surface area contributed by atoms with Crippen LogP contribution >= 0.6 is 0 Å². The average molecular weight is 464 g/mol. The maximum atomic E-state index is 12.9. The Morgan fingerprint density at radius 1 is 1.24 bits per heavy atom. The Kier molecular flexibility index (Phi) is 11.6. The van der Waals surface area contributed by atoms with Crippen molar-refractivity contribution in [1.29, 1.82) is 0 Å². The van der Waals surface area contributed by atoms with Crippen molar-refractivity contribution < 1.29 is 24.2 Å². The second-order valence-corrected chi connectivity index (χ2v) is 9.17. The van der Waals surface area contributed by atoms with Gasteiger partial charge in [-0.3, -0.25) is 9.59 Å². The van der Waals surface area contributed by atoms with E-state index in [0.29, 0.717) is 50.5 Å². The molecule has 2 rings (SSSR count). The van der Waals surface area contributed by atoms with Crippen LogP contribution in [0.15, 0.2) is 24.3 Å². The number of piperidine rings is 1. The first-order valence-electron chi connectivity index (χ1n) is 12.0. The van der Waals surface area contributed by atoms with E-state index >= 15 is 0 Å². The second kappa shape index (κ2) is 14.2. The molecule has 1 heterocycles. The molecule has 1 aromatic rings. The number of likely N-dealkylation sites (tertiary alicyclic amines) is 1. The minimum absolute atomic E-state index is 0.0864. The number of benzene rings is 1. The fraction of sp³-hybridized carbons (Fsp3) is 0.680. The van der Waals surface area contributed by atoms with Crippen LogP contribution in [-0.4, -0.2) is 73.9 Å². The van der Waals surface area contributed by atoms with Crippen LogP contribution in [0, 0.1) is 11.8 Å². The molecular formula is C25H41N3O5. The van der Waals surface area contributed by atoms with Gasteiger partial charge in [-0.05, 0) is 43.2 Å². The number of para-hydroxylation sites is 1. The molecule has 0 radical (unpaired) electrons. The Balaban J connectivity index is 1.89. The third-order valence-electron chi connectivity index (χ3n) is 6.25. The number of amides is 2. The highest BCUT2D eigenvalue weighted by Gasteiger charge is 2.27. The Hall–Kier alpha value is -2.16. The molecule has 186 valence electrons. The van der Waals surface area contributed by atoms with E-state index in [2.05, 4.69) is 19.2 Å². The Morgan fingerprint density at radius 2 is 2.00 bits per heavy atom. The van der Waals surface area contributed by atoms with E-state index in [-0.39, 0.29) is 30.2 Å². The fourth-order valence-electron chi connectivity index (χ4n) is 4.00. The van der Waals surface area contributed by atoms with Crippen molar-refractivity contribution in [3.8, 4) is 5.75 Å². The van der Waals surface area contributed by atoms with Crippen molar-refractivity contribution in [2.75, 3.05) is 40.0 Å². The third kappa shape index (κ3) is 8.95. The van der Waals surface area contributed by atoms with Gasteiger partial charge >= 0.3 is 0 Å². The molecule has 33 heavy (non-hydrogen) atoms. The first kappa shape index (κ1) is 27.1. The number of carbonyl (C=O) groups excluding carboxylic acids is 2. The lowest BCUT2D eigenvalue weighted by Crippen LogP contribution is -2.48. The van der Waals surface area contributed by atoms with E-state index in [1.165, 1.54) is 0 Å². The Bertz CT molecular complexity index is 743. The maximum Gasteiger partial charge on any atom is 0.255 e. The topological polar surface area (TPSA) is 114 Å². The highest BCUT2D eigenvalue weighted by Crippen LogP contribution is 2.21. The predicted molar refractivity (Wildman–Crippen MR) is 128 cm³/mol. The van der Waals surface area contributed by atoms with Crippen LogP contribution in [0.2, 0.25) is 0 Å². The van der Waals surface area contributed by atoms with Gasteiger partial charge < -0.3 is 30.5 Å². The molecule has 8 heteroatoms. The number of nitrogens with two attached hydrogens (primary N) is 1. The molecule has 0 aromatic heterocycles. The molecule has 4 N–H and O–H groups in total. The first-order chi connectivity index (χ1) is 15.8. The van der Waals surface area contributed by atoms with E-state index in [1.54, 1.807) is 24.1 Å². The van der Waals surface area contributed by atoms with Crippen molar-refractivity contribution in [3.05, 3.63) is 29.8 Å². The number of aliphatic hydroxyl groups is 1. The zero-order valence-corrected chi connectivity index (χ0v) is 20.3. The summed E-state index contributed by atoms with van der Waals surface area (Å²) in [5.41, 5.74) is 6.80. The van der Waals surface area contributed by atoms with Crippen LogP contribution in [0.3, 0.4) is 0 Å². The fourth-order valence-corrected chi connectivity index (χ4v) is 4.00. The second-order valence-electron chi connectivity index (χ2n) is 9.17. The van der Waals surface area contributed by atoms with E-state index in [4.69, 9.17) is 15.2 Å². The maximum absolute atomic E-state index is 12.9. The Morgan fingerprint density at radius 3 is 2.70 bits per heavy atom. The summed E-state index contributed by atoms with van der Waals surface area (Å²) in [5.74, 6) is 0.788. The third-order valence-corrected chi connectivity index (χ3v) is 6.25. The summed E-state index contributed by atoms with van der Waals surface area (Å²) in [7, 11) is 1.64. The summed E-state index contributed by atoms with van der Waals surface area (Å²) in [6.45, 7) is 6.62. The van der Waals surface area contributed by atoms with Crippen molar-refractivity contribution in [3.63, 3.8) is 0 Å². The molecule has 0 aliphatic carbocycles. The zero-order valence-electron chi connectivity index (χ0n) is 20.3. The van der Waals surface area contributed by atoms with E-state index in [9.17, 15) is 14.7 Å². The van der Waals surface area contributed by atoms with Crippen molar-refractivity contribution >= 4 is 11.8 Å². The normalized spacial score (nSPS) is 17.0. The number of nitrogens with zero attached hydrogens (tertiary/aromatic N) is 1. The van der Waals surface area contributed by atoms with Crippen LogP contribution in [0.4, 0.5) is 0 Å². The molecule has 0 bridgehead atoms. The minimum Gasteiger partial charge on any atom is -0.493 e. The number of β-amino-alcohol motifs (C(OH)–C–C–N with tert-alkyl or cyclic N) is 1. The molecule has 1 fully saturated rings. The lowest BCUT2D eigenvalue weighted by molar-refractivity contribution is -0.135. The summed E-state index contributed by atoms with van der Waals surface area (Å²) in [6.07, 6.45) is 2.92. The van der Waals surface area contributed by atoms with Gasteiger partial charge in [-0.25, -0.2) is 0 Å². The molecule has 3 atom stereocenters. The number of rotatable bonds is 14. The van der Waals surface area contributed by atoms with Gasteiger partial charge in [-0.15, -0.1) is 0 Å². The van der Waals surface area contributed by atoms with Crippen molar-refractivity contribution in [1.82, 2.24) is 10.2 Å². The molecule has 0 saturated carbocycles. The van der Waals surface area contributed by atoms with Gasteiger partial charge in [0.15, 0.2) is 0 Å². The van der Waals surface area contributed by atoms with Gasteiger partial charge in [0.1, 0.15) is 5.75 Å². The summed E-state index contributed by atoms with van der Waals surface area (Å²) in [5, 5.41) is 13.6. The molecule has 1 aliphatic heterocycles. The summed E-state index contributed by atoms with van der Waals surface area (Å²) in [6, 6.07) is 6.71. The standard InChI is InChI=1S/C25H41N3O5/c1-18(2)19(15-21(26)22(29)17-28-12-7-6-11-24(28)30)16-27-25(31)20-9-4-5-10-23(20)33-14-8-13-32-3/h4-5,9-10,18-19,21-22,29H,6-8,11-17,26H2,1-3H3,(H,27,31)/t19-,21+,22+/m1/s1. The number of hydrogen-bond donors (Lipinski definition) is 3. The van der Waals surface area contributed by atoms with Gasteiger partial charge in [-0.2, -0.15) is 0 Å². The van der Waals surface area contributed by atoms with Gasteiger partial charge in [0.25, 0.3) is 5.91 Å². The molecule has 1 saturated heterocycles. The van der Waals surface area contributed by atoms with Gasteiger partial charge in [0.2, 0.25) is 5.91 Å². The van der Waals surface area contributed by atoms with Crippen LogP contribution < -0.4 is 15.8 Å². The monoisotopic (exact) mass is 463 g/mol. The predicted octanol–water partition coefficient (Wildman–Crippen LogP) is 2.19. The molecule has 8 nitrogen and oxygen atoms in total. The SMILES string of the molecule is COCCCOc1ccccc1C(=O)NC[C@@H](C[C@H](N)[C@@H](O)CN1CCCCC1=O)C(C)C. The van der Waals surface area contributed by atoms with E-state index in [0.717, 1.165) is 19.3 Å². The van der Waals surface area contributed by atoms with Crippen LogP contribution in [0.5, 0.6) is 5.75 Å². The number of hydrogen-bond acceptors (Lipinski definition) is 6. The van der Waals surface area contributed by atoms with Gasteiger partial charge in [0, 0.05) is 52.2 Å². The first-order valence-corrected chi connectivity index (χ1v) is 12.0. The summed E-state index contributed by atoms with van der Waals surface area (Å²) >= 11 is 0. The van der Waals surface area contributed by atoms with E-state index in [1.807, 2.05) is 12.1 Å². The zero-order chi connectivity index (χ0) is 24.2. The van der Waals surface area contributed by atoms with Gasteiger partial charge in [0.05, 0.1) is 18.3 Å². The molecule has 1 aliphatic rings. The van der Waals surface area contributed by atoms with Gasteiger partial charge in [-0.1, -0.05) is 26.0 Å². The number of ether oxygens (including phenoxy) is 2. The van der Waals surface area contributed by atoms with E-state index < -0.39 is 12.1 Å². The minimum atomic E-state index is -0.787. The molecule has 1 aromatic carbocycles. The summed E-state index contributed by atoms with van der Waals surface area (Å²) < 4.78 is 10.8. The number of carbonyl (C=O) groups is 2. The lowest BCUT2D eigenvalue weighted by Gasteiger charge is -2.32.